The van der Waals surface area contributed by atoms with Crippen molar-refractivity contribution in [3.8, 4) is 0 Å². The van der Waals surface area contributed by atoms with Crippen LogP contribution < -0.4 is 0 Å². The number of rotatable bonds is 4. The molecular formula is C25H34SiZr. The van der Waals surface area contributed by atoms with Gasteiger partial charge in [-0.05, 0) is 0 Å². The van der Waals surface area contributed by atoms with Crippen molar-refractivity contribution in [3.05, 3.63) is 75.9 Å². The third-order valence-corrected chi connectivity index (χ3v) is 23.4. The molecule has 0 saturated carbocycles. The summed E-state index contributed by atoms with van der Waals surface area (Å²) in [6.07, 6.45) is 0.488. The summed E-state index contributed by atoms with van der Waals surface area (Å²) < 4.78 is 3.84. The van der Waals surface area contributed by atoms with Crippen LogP contribution in [0.2, 0.25) is 0 Å². The molecule has 1 aromatic carbocycles. The fraction of sp³-hybridized carbons (Fsp3) is 0.440. The van der Waals surface area contributed by atoms with Crippen LogP contribution in [-0.4, -0.2) is 6.16 Å². The molecule has 2 atom stereocenters. The average molecular weight is 454 g/mol. The van der Waals surface area contributed by atoms with Crippen LogP contribution in [0.4, 0.5) is 0 Å². The molecule has 0 radical (unpaired) electrons. The summed E-state index contributed by atoms with van der Waals surface area (Å²) >= 11 is -1.87. The summed E-state index contributed by atoms with van der Waals surface area (Å²) in [5.41, 5.74) is 11.3. The van der Waals surface area contributed by atoms with E-state index in [9.17, 15) is 0 Å². The second-order valence-electron chi connectivity index (χ2n) is 8.44. The van der Waals surface area contributed by atoms with Gasteiger partial charge in [-0.2, -0.15) is 0 Å². The van der Waals surface area contributed by atoms with Crippen molar-refractivity contribution >= 4 is 6.16 Å². The number of hydrogen-bond donors (Lipinski definition) is 0. The molecule has 0 spiro atoms. The van der Waals surface area contributed by atoms with Gasteiger partial charge in [0.15, 0.2) is 0 Å². The van der Waals surface area contributed by atoms with E-state index in [2.05, 4.69) is 85.7 Å². The summed E-state index contributed by atoms with van der Waals surface area (Å²) in [6, 6.07) is 12.5. The summed E-state index contributed by atoms with van der Waals surface area (Å²) in [5.74, 6) is 1.35. The molecule has 2 heteroatoms. The van der Waals surface area contributed by atoms with Gasteiger partial charge in [0.25, 0.3) is 0 Å². The van der Waals surface area contributed by atoms with Crippen LogP contribution in [0.1, 0.15) is 61.0 Å². The molecule has 0 N–H and O–H groups in total. The third-order valence-electron chi connectivity index (χ3n) is 7.25. The summed E-state index contributed by atoms with van der Waals surface area (Å²) in [5, 5.41) is 0. The van der Waals surface area contributed by atoms with Crippen LogP contribution in [0.5, 0.6) is 0 Å². The SMILES string of the molecule is CC1=C(C)C(C)[C]([Zr](=[SiH]Cc2ccccc2)[C]2=C(C)C(C)=C(C)C2C)=C1C. The Labute approximate surface area is 175 Å². The zero-order valence-electron chi connectivity index (χ0n) is 18.3. The predicted octanol–water partition coefficient (Wildman–Crippen LogP) is 6.68. The molecule has 0 fully saturated rings. The van der Waals surface area contributed by atoms with Gasteiger partial charge in [-0.3, -0.25) is 0 Å². The fourth-order valence-corrected chi connectivity index (χ4v) is 24.9. The first kappa shape index (κ1) is 21.0. The van der Waals surface area contributed by atoms with E-state index >= 15 is 0 Å². The van der Waals surface area contributed by atoms with Crippen LogP contribution >= 0.6 is 0 Å². The monoisotopic (exact) mass is 452 g/mol. The van der Waals surface area contributed by atoms with E-state index in [1.165, 1.54) is 6.04 Å². The zero-order valence-corrected chi connectivity index (χ0v) is 21.9. The van der Waals surface area contributed by atoms with Crippen molar-refractivity contribution in [2.75, 3.05) is 0 Å². The van der Waals surface area contributed by atoms with Gasteiger partial charge in [-0.1, -0.05) is 0 Å². The summed E-state index contributed by atoms with van der Waals surface area (Å²) in [7, 11) is 0. The molecular weight excluding hydrogens is 420 g/mol. The number of allylic oxidation sites excluding steroid dienone is 8. The Morgan fingerprint density at radius 1 is 0.704 bits per heavy atom. The first-order valence-electron chi connectivity index (χ1n) is 10.3. The Morgan fingerprint density at radius 2 is 1.15 bits per heavy atom. The van der Waals surface area contributed by atoms with E-state index in [1.807, 2.05) is 6.56 Å². The Hall–Kier alpha value is -0.720. The molecule has 1 aromatic rings. The number of hydrogen-bond acceptors (Lipinski definition) is 0. The van der Waals surface area contributed by atoms with E-state index in [0.29, 0.717) is 18.0 Å². The normalized spacial score (nSPS) is 23.1. The third kappa shape index (κ3) is 3.77. The predicted molar refractivity (Wildman–Crippen MR) is 118 cm³/mol. The van der Waals surface area contributed by atoms with Gasteiger partial charge in [-0.15, -0.1) is 0 Å². The Kier molecular flexibility index (Phi) is 6.48. The molecule has 0 aliphatic heterocycles. The minimum absolute atomic E-state index is 0.488. The van der Waals surface area contributed by atoms with Crippen molar-refractivity contribution in [2.24, 2.45) is 11.8 Å². The van der Waals surface area contributed by atoms with E-state index in [-0.39, 0.29) is 0 Å². The average Bonchev–Trinajstić information content (AvgIpc) is 2.98. The van der Waals surface area contributed by atoms with Crippen LogP contribution in [0, 0.1) is 11.8 Å². The van der Waals surface area contributed by atoms with Crippen molar-refractivity contribution in [2.45, 2.75) is 61.4 Å². The first-order valence-corrected chi connectivity index (χ1v) is 18.4. The molecule has 3 rings (SSSR count). The van der Waals surface area contributed by atoms with Gasteiger partial charge in [0.05, 0.1) is 0 Å². The van der Waals surface area contributed by atoms with Crippen LogP contribution in [0.3, 0.4) is 0 Å². The molecule has 27 heavy (non-hydrogen) atoms. The Bertz CT molecular complexity index is 868. The van der Waals surface area contributed by atoms with E-state index in [4.69, 9.17) is 0 Å². The van der Waals surface area contributed by atoms with Crippen molar-refractivity contribution in [1.29, 1.82) is 0 Å². The molecule has 0 aromatic heterocycles. The molecule has 0 nitrogen and oxygen atoms in total. The number of benzene rings is 1. The topological polar surface area (TPSA) is 0 Å². The molecule has 142 valence electrons. The molecule has 0 heterocycles. The minimum atomic E-state index is -1.87. The van der Waals surface area contributed by atoms with E-state index < -0.39 is 20.4 Å². The maximum absolute atomic E-state index is 2.48. The Morgan fingerprint density at radius 3 is 1.52 bits per heavy atom. The zero-order chi connectivity index (χ0) is 19.9. The van der Waals surface area contributed by atoms with Gasteiger partial charge in [0, 0.05) is 0 Å². The van der Waals surface area contributed by atoms with E-state index in [0.717, 1.165) is 0 Å². The molecule has 2 aliphatic rings. The standard InChI is InChI=1S/2C9H13.C7H8Si.Zr/c2*1-6-5-7(2)9(4)8(6)3;8-6-7-4-2-1-3-5-7;/h2*6H,1-4H3;1-5,8H,6H2;. The van der Waals surface area contributed by atoms with Crippen LogP contribution in [0.15, 0.2) is 70.3 Å². The molecule has 0 amide bonds. The van der Waals surface area contributed by atoms with Gasteiger partial charge >= 0.3 is 176 Å². The molecule has 0 saturated heterocycles. The summed E-state index contributed by atoms with van der Waals surface area (Å²) in [4.78, 5) is 0. The first-order chi connectivity index (χ1) is 12.8. The second-order valence-corrected chi connectivity index (χ2v) is 20.4. The van der Waals surface area contributed by atoms with Crippen molar-refractivity contribution in [1.82, 2.24) is 0 Å². The van der Waals surface area contributed by atoms with Gasteiger partial charge in [0.2, 0.25) is 0 Å². The second kappa shape index (κ2) is 8.34. The van der Waals surface area contributed by atoms with E-state index in [1.54, 1.807) is 39.0 Å². The summed E-state index contributed by atoms with van der Waals surface area (Å²) in [6.45, 7) is 19.3. The molecule has 0 bridgehead atoms. The molecule has 2 aliphatic carbocycles. The Balaban J connectivity index is 2.13. The van der Waals surface area contributed by atoms with Crippen molar-refractivity contribution in [3.63, 3.8) is 0 Å². The maximum atomic E-state index is 2.48. The van der Waals surface area contributed by atoms with Crippen molar-refractivity contribution < 1.29 is 20.4 Å². The van der Waals surface area contributed by atoms with Crippen LogP contribution in [-0.2, 0) is 26.4 Å². The van der Waals surface area contributed by atoms with Gasteiger partial charge < -0.3 is 0 Å². The quantitative estimate of drug-likeness (QED) is 0.446. The fourth-order valence-electron chi connectivity index (χ4n) is 4.80. The van der Waals surface area contributed by atoms with Gasteiger partial charge in [0.1, 0.15) is 0 Å². The van der Waals surface area contributed by atoms with Crippen LogP contribution in [0.25, 0.3) is 0 Å². The van der Waals surface area contributed by atoms with Gasteiger partial charge in [-0.25, -0.2) is 0 Å². The molecule has 2 unspecified atom stereocenters.